The average Bonchev–Trinajstić information content (AvgIpc) is 3.59. The molecule has 2 aromatic heterocycles. The Labute approximate surface area is 171 Å². The summed E-state index contributed by atoms with van der Waals surface area (Å²) in [5, 5.41) is 3.90. The number of Topliss-reactive ketones (excluding diaryl/α,β-unsaturated/α-hetero) is 1. The molecule has 2 N–H and O–H groups in total. The second-order valence-electron chi connectivity index (χ2n) is 8.55. The lowest BCUT2D eigenvalue weighted by Crippen LogP contribution is -2.28. The van der Waals surface area contributed by atoms with Crippen LogP contribution < -0.4 is 10.5 Å². The van der Waals surface area contributed by atoms with Gasteiger partial charge in [-0.2, -0.15) is 18.2 Å². The number of nitrogens with zero attached hydrogens (tertiary/aromatic N) is 3. The van der Waals surface area contributed by atoms with Crippen LogP contribution in [0.4, 0.5) is 19.2 Å². The van der Waals surface area contributed by atoms with Crippen molar-refractivity contribution in [3.63, 3.8) is 0 Å². The van der Waals surface area contributed by atoms with Crippen molar-refractivity contribution in [2.24, 2.45) is 5.92 Å². The molecule has 1 atom stereocenters. The number of ketones is 1. The van der Waals surface area contributed by atoms with Crippen molar-refractivity contribution in [1.82, 2.24) is 15.1 Å². The summed E-state index contributed by atoms with van der Waals surface area (Å²) in [6.07, 6.45) is 1.61. The molecule has 2 saturated carbocycles. The third kappa shape index (κ3) is 4.91. The van der Waals surface area contributed by atoms with E-state index >= 15 is 0 Å². The first-order valence-electron chi connectivity index (χ1n) is 9.95. The summed E-state index contributed by atoms with van der Waals surface area (Å²) in [6.45, 7) is 0.457. The number of alkyl halides is 3. The number of pyridine rings is 1. The van der Waals surface area contributed by atoms with Crippen molar-refractivity contribution in [2.75, 3.05) is 12.3 Å². The second kappa shape index (κ2) is 7.55. The van der Waals surface area contributed by atoms with Crippen LogP contribution in [0.2, 0.25) is 0 Å². The number of halogens is 3. The van der Waals surface area contributed by atoms with Crippen molar-refractivity contribution in [3.8, 4) is 5.75 Å². The van der Waals surface area contributed by atoms with E-state index in [1.165, 1.54) is 12.3 Å². The summed E-state index contributed by atoms with van der Waals surface area (Å²) >= 11 is 0. The molecule has 2 aliphatic carbocycles. The minimum absolute atomic E-state index is 0.0387. The third-order valence-corrected chi connectivity index (χ3v) is 5.56. The van der Waals surface area contributed by atoms with Gasteiger partial charge in [0.2, 0.25) is 0 Å². The maximum absolute atomic E-state index is 13.0. The number of nitrogens with two attached hydrogens (primary N) is 1. The molecule has 0 spiro atoms. The number of hydrogen-bond acceptors (Lipinski definition) is 7. The Morgan fingerprint density at radius 1 is 1.30 bits per heavy atom. The van der Waals surface area contributed by atoms with Gasteiger partial charge in [-0.25, -0.2) is 0 Å². The number of carbonyl (C=O) groups excluding carboxylic acids is 1. The van der Waals surface area contributed by atoms with Crippen LogP contribution in [-0.4, -0.2) is 33.7 Å². The first-order valence-corrected chi connectivity index (χ1v) is 9.95. The molecule has 0 saturated heterocycles. The minimum Gasteiger partial charge on any atom is -0.484 e. The van der Waals surface area contributed by atoms with Crippen LogP contribution in [0, 0.1) is 5.92 Å². The molecule has 0 bridgehead atoms. The van der Waals surface area contributed by atoms with E-state index in [-0.39, 0.29) is 35.6 Å². The molecule has 0 radical (unpaired) electrons. The van der Waals surface area contributed by atoms with Crippen molar-refractivity contribution < 1.29 is 27.2 Å². The van der Waals surface area contributed by atoms with E-state index in [1.807, 2.05) is 6.92 Å². The summed E-state index contributed by atoms with van der Waals surface area (Å²) < 4.78 is 47.9. The number of aromatic nitrogens is 3. The lowest BCUT2D eigenvalue weighted by molar-refractivity contribution is -0.153. The zero-order valence-corrected chi connectivity index (χ0v) is 16.5. The van der Waals surface area contributed by atoms with Crippen LogP contribution in [0.1, 0.15) is 73.2 Å². The molecule has 7 nitrogen and oxygen atoms in total. The Kier molecular flexibility index (Phi) is 5.19. The fourth-order valence-corrected chi connectivity index (χ4v) is 3.71. The lowest BCUT2D eigenvalue weighted by Gasteiger charge is -2.25. The van der Waals surface area contributed by atoms with Gasteiger partial charge in [0.15, 0.2) is 18.2 Å². The molecular weight excluding hydrogens is 401 g/mol. The Morgan fingerprint density at radius 2 is 2.03 bits per heavy atom. The number of ether oxygens (including phenoxy) is 1. The monoisotopic (exact) mass is 424 g/mol. The Hall–Kier alpha value is -2.65. The molecular formula is C20H23F3N4O3. The first kappa shape index (κ1) is 20.6. The Bertz CT molecular complexity index is 938. The predicted molar refractivity (Wildman–Crippen MR) is 100 cm³/mol. The fraction of sp³-hybridized carbons (Fsp3) is 0.600. The van der Waals surface area contributed by atoms with Gasteiger partial charge >= 0.3 is 12.2 Å². The molecule has 4 rings (SSSR count). The summed E-state index contributed by atoms with van der Waals surface area (Å²) in [7, 11) is 0. The SMILES string of the molecule is CC(CC(=O)c1cc(OCC(F)(F)F)c(C2CC2)cn1)(CC1CC1)c1noc(N)n1. The molecule has 2 aliphatic rings. The number of rotatable bonds is 9. The average molecular weight is 424 g/mol. The zero-order valence-electron chi connectivity index (χ0n) is 16.5. The molecule has 162 valence electrons. The van der Waals surface area contributed by atoms with Crippen LogP contribution >= 0.6 is 0 Å². The fourth-order valence-electron chi connectivity index (χ4n) is 3.71. The highest BCUT2D eigenvalue weighted by molar-refractivity contribution is 5.95. The quantitative estimate of drug-likeness (QED) is 0.602. The van der Waals surface area contributed by atoms with Gasteiger partial charge in [0, 0.05) is 29.7 Å². The third-order valence-electron chi connectivity index (χ3n) is 5.56. The van der Waals surface area contributed by atoms with Crippen molar-refractivity contribution in [2.45, 2.75) is 63.0 Å². The van der Waals surface area contributed by atoms with Crippen molar-refractivity contribution in [1.29, 1.82) is 0 Å². The summed E-state index contributed by atoms with van der Waals surface area (Å²) in [6, 6.07) is 1.25. The van der Waals surface area contributed by atoms with E-state index in [0.29, 0.717) is 23.7 Å². The number of hydrogen-bond donors (Lipinski definition) is 1. The number of nitrogen functional groups attached to an aromatic ring is 1. The Morgan fingerprint density at radius 3 is 2.60 bits per heavy atom. The molecule has 2 aromatic rings. The molecule has 2 fully saturated rings. The maximum Gasteiger partial charge on any atom is 0.422 e. The molecule has 2 heterocycles. The summed E-state index contributed by atoms with van der Waals surface area (Å²) in [5.41, 5.74) is 5.53. The topological polar surface area (TPSA) is 104 Å². The number of carbonyl (C=O) groups is 1. The second-order valence-corrected chi connectivity index (χ2v) is 8.55. The minimum atomic E-state index is -4.46. The van der Waals surface area contributed by atoms with E-state index in [0.717, 1.165) is 25.7 Å². The molecule has 10 heteroatoms. The van der Waals surface area contributed by atoms with Crippen LogP contribution in [0.25, 0.3) is 0 Å². The van der Waals surface area contributed by atoms with E-state index < -0.39 is 18.2 Å². The largest absolute Gasteiger partial charge is 0.484 e. The standard InChI is InChI=1S/C20H23F3N4O3/c1-19(7-11-2-3-11,17-26-18(24)30-27-17)8-15(28)14-6-16(29-10-20(21,22)23)13(9-25-14)12-4-5-12/h6,9,11-12H,2-5,7-8,10H2,1H3,(H2,24,26,27). The zero-order chi connectivity index (χ0) is 21.5. The molecule has 0 amide bonds. The van der Waals surface area contributed by atoms with E-state index in [9.17, 15) is 18.0 Å². The molecule has 0 aromatic carbocycles. The smallest absolute Gasteiger partial charge is 0.422 e. The first-order chi connectivity index (χ1) is 14.1. The van der Waals surface area contributed by atoms with E-state index in [2.05, 4.69) is 15.1 Å². The van der Waals surface area contributed by atoms with Crippen molar-refractivity contribution >= 4 is 11.8 Å². The van der Waals surface area contributed by atoms with Gasteiger partial charge in [-0.05, 0) is 31.1 Å². The molecule has 30 heavy (non-hydrogen) atoms. The summed E-state index contributed by atoms with van der Waals surface area (Å²) in [5.74, 6) is 0.704. The van der Waals surface area contributed by atoms with Crippen LogP contribution in [0.5, 0.6) is 5.75 Å². The number of anilines is 1. The molecule has 1 unspecified atom stereocenters. The highest BCUT2D eigenvalue weighted by atomic mass is 19.4. The van der Waals surface area contributed by atoms with Gasteiger partial charge < -0.3 is 15.0 Å². The van der Waals surface area contributed by atoms with Gasteiger partial charge in [-0.1, -0.05) is 24.9 Å². The van der Waals surface area contributed by atoms with Gasteiger partial charge in [0.1, 0.15) is 11.4 Å². The van der Waals surface area contributed by atoms with Gasteiger partial charge in [0.25, 0.3) is 0 Å². The van der Waals surface area contributed by atoms with Crippen LogP contribution in [0.15, 0.2) is 16.8 Å². The van der Waals surface area contributed by atoms with E-state index in [4.69, 9.17) is 15.0 Å². The normalized spacial score (nSPS) is 18.8. The van der Waals surface area contributed by atoms with Gasteiger partial charge in [-0.3, -0.25) is 9.78 Å². The van der Waals surface area contributed by atoms with Gasteiger partial charge in [0.05, 0.1) is 0 Å². The Balaban J connectivity index is 1.56. The predicted octanol–water partition coefficient (Wildman–Crippen LogP) is 4.20. The maximum atomic E-state index is 13.0. The highest BCUT2D eigenvalue weighted by Crippen LogP contribution is 2.45. The molecule has 0 aliphatic heterocycles. The van der Waals surface area contributed by atoms with Crippen LogP contribution in [0.3, 0.4) is 0 Å². The van der Waals surface area contributed by atoms with Crippen molar-refractivity contribution in [3.05, 3.63) is 29.3 Å². The summed E-state index contributed by atoms with van der Waals surface area (Å²) in [4.78, 5) is 21.4. The van der Waals surface area contributed by atoms with Crippen LogP contribution in [-0.2, 0) is 5.41 Å². The highest BCUT2D eigenvalue weighted by Gasteiger charge is 2.40. The van der Waals surface area contributed by atoms with Gasteiger partial charge in [-0.15, -0.1) is 0 Å². The van der Waals surface area contributed by atoms with E-state index in [1.54, 1.807) is 0 Å². The lowest BCUT2D eigenvalue weighted by atomic mass is 9.78.